The standard InChI is InChI=1S/C16H26N4O2.ClH/c1-11(2)19-16(22)20-14-7-5-13(6-8-14)10-18-15(21)9-4-12(3)17;/h5-8,11-12H,4,9-10,17H2,1-3H3,(H,18,21)(H2,19,20,22);1H. The van der Waals surface area contributed by atoms with E-state index in [2.05, 4.69) is 16.0 Å². The van der Waals surface area contributed by atoms with Gasteiger partial charge in [0.25, 0.3) is 0 Å². The minimum Gasteiger partial charge on any atom is -0.352 e. The van der Waals surface area contributed by atoms with Crippen LogP contribution in [0.2, 0.25) is 0 Å². The highest BCUT2D eigenvalue weighted by Gasteiger charge is 2.05. The third kappa shape index (κ3) is 9.76. The van der Waals surface area contributed by atoms with Crippen LogP contribution in [0.25, 0.3) is 0 Å². The summed E-state index contributed by atoms with van der Waals surface area (Å²) in [4.78, 5) is 23.2. The fourth-order valence-corrected chi connectivity index (χ4v) is 1.78. The SMILES string of the molecule is CC(N)CCC(=O)NCc1ccc(NC(=O)NC(C)C)cc1.Cl. The van der Waals surface area contributed by atoms with Gasteiger partial charge in [-0.2, -0.15) is 0 Å². The van der Waals surface area contributed by atoms with Gasteiger partial charge in [0, 0.05) is 30.7 Å². The molecule has 7 heteroatoms. The van der Waals surface area contributed by atoms with E-state index in [-0.39, 0.29) is 36.4 Å². The zero-order chi connectivity index (χ0) is 16.5. The molecule has 0 heterocycles. The van der Waals surface area contributed by atoms with Gasteiger partial charge in [0.1, 0.15) is 0 Å². The average Bonchev–Trinajstić information content (AvgIpc) is 2.43. The van der Waals surface area contributed by atoms with Gasteiger partial charge in [-0.25, -0.2) is 4.79 Å². The number of hydrogen-bond donors (Lipinski definition) is 4. The minimum absolute atomic E-state index is 0. The summed E-state index contributed by atoms with van der Waals surface area (Å²) in [5.41, 5.74) is 7.30. The second-order valence-electron chi connectivity index (χ2n) is 5.74. The molecule has 23 heavy (non-hydrogen) atoms. The Kier molecular flexibility index (Phi) is 10.0. The lowest BCUT2D eigenvalue weighted by molar-refractivity contribution is -0.121. The minimum atomic E-state index is -0.230. The molecule has 1 rings (SSSR count). The van der Waals surface area contributed by atoms with Crippen LogP contribution in [0.5, 0.6) is 0 Å². The maximum absolute atomic E-state index is 11.6. The zero-order valence-electron chi connectivity index (χ0n) is 13.9. The highest BCUT2D eigenvalue weighted by atomic mass is 35.5. The molecular formula is C16H27ClN4O2. The van der Waals surface area contributed by atoms with E-state index >= 15 is 0 Å². The molecule has 0 fully saturated rings. The first-order chi connectivity index (χ1) is 10.4. The number of halogens is 1. The van der Waals surface area contributed by atoms with Gasteiger partial charge in [-0.1, -0.05) is 12.1 Å². The molecule has 1 aromatic rings. The predicted molar refractivity (Wildman–Crippen MR) is 95.7 cm³/mol. The number of hydrogen-bond acceptors (Lipinski definition) is 3. The van der Waals surface area contributed by atoms with Crippen LogP contribution in [0.4, 0.5) is 10.5 Å². The first-order valence-corrected chi connectivity index (χ1v) is 7.55. The third-order valence-electron chi connectivity index (χ3n) is 2.95. The monoisotopic (exact) mass is 342 g/mol. The van der Waals surface area contributed by atoms with E-state index in [1.165, 1.54) is 0 Å². The molecule has 0 spiro atoms. The number of nitrogens with two attached hydrogens (primary N) is 1. The van der Waals surface area contributed by atoms with Crippen molar-refractivity contribution in [3.05, 3.63) is 29.8 Å². The van der Waals surface area contributed by atoms with Crippen LogP contribution in [0.1, 0.15) is 39.2 Å². The molecule has 5 N–H and O–H groups in total. The maximum atomic E-state index is 11.6. The molecule has 0 saturated carbocycles. The first-order valence-electron chi connectivity index (χ1n) is 7.55. The Morgan fingerprint density at radius 3 is 2.26 bits per heavy atom. The quantitative estimate of drug-likeness (QED) is 0.612. The van der Waals surface area contributed by atoms with Crippen LogP contribution in [-0.4, -0.2) is 24.0 Å². The van der Waals surface area contributed by atoms with Gasteiger partial charge in [-0.3, -0.25) is 4.79 Å². The smallest absolute Gasteiger partial charge is 0.319 e. The van der Waals surface area contributed by atoms with Crippen LogP contribution in [0, 0.1) is 0 Å². The number of amides is 3. The lowest BCUT2D eigenvalue weighted by Crippen LogP contribution is -2.34. The predicted octanol–water partition coefficient (Wildman–Crippen LogP) is 2.38. The Morgan fingerprint density at radius 1 is 1.13 bits per heavy atom. The largest absolute Gasteiger partial charge is 0.352 e. The summed E-state index contributed by atoms with van der Waals surface area (Å²) in [6.07, 6.45) is 1.12. The molecule has 0 saturated heterocycles. The highest BCUT2D eigenvalue weighted by molar-refractivity contribution is 5.89. The number of urea groups is 1. The van der Waals surface area contributed by atoms with Gasteiger partial charge in [0.15, 0.2) is 0 Å². The maximum Gasteiger partial charge on any atom is 0.319 e. The van der Waals surface area contributed by atoms with Crippen molar-refractivity contribution in [2.45, 2.75) is 52.2 Å². The normalized spacial score (nSPS) is 11.3. The molecule has 0 aliphatic heterocycles. The average molecular weight is 343 g/mol. The topological polar surface area (TPSA) is 96.2 Å². The number of carbonyl (C=O) groups is 2. The van der Waals surface area contributed by atoms with Gasteiger partial charge in [-0.15, -0.1) is 12.4 Å². The third-order valence-corrected chi connectivity index (χ3v) is 2.95. The van der Waals surface area contributed by atoms with E-state index in [0.717, 1.165) is 5.56 Å². The summed E-state index contributed by atoms with van der Waals surface area (Å²) in [5, 5.41) is 8.35. The van der Waals surface area contributed by atoms with Gasteiger partial charge in [0.2, 0.25) is 5.91 Å². The summed E-state index contributed by atoms with van der Waals surface area (Å²) in [7, 11) is 0. The van der Waals surface area contributed by atoms with Crippen molar-refractivity contribution in [3.63, 3.8) is 0 Å². The van der Waals surface area contributed by atoms with Gasteiger partial charge in [0.05, 0.1) is 0 Å². The van der Waals surface area contributed by atoms with Gasteiger partial charge >= 0.3 is 6.03 Å². The Hall–Kier alpha value is -1.79. The van der Waals surface area contributed by atoms with Crippen molar-refractivity contribution in [2.75, 3.05) is 5.32 Å². The molecule has 130 valence electrons. The second kappa shape index (κ2) is 10.9. The van der Waals surface area contributed by atoms with Crippen molar-refractivity contribution in [1.82, 2.24) is 10.6 Å². The van der Waals surface area contributed by atoms with Crippen molar-refractivity contribution in [2.24, 2.45) is 5.73 Å². The van der Waals surface area contributed by atoms with E-state index in [1.54, 1.807) is 0 Å². The number of benzene rings is 1. The van der Waals surface area contributed by atoms with E-state index in [9.17, 15) is 9.59 Å². The van der Waals surface area contributed by atoms with Crippen LogP contribution in [0.15, 0.2) is 24.3 Å². The van der Waals surface area contributed by atoms with E-state index in [4.69, 9.17) is 5.73 Å². The molecule has 3 amide bonds. The Morgan fingerprint density at radius 2 is 1.74 bits per heavy atom. The Labute approximate surface area is 144 Å². The fraction of sp³-hybridized carbons (Fsp3) is 0.500. The summed E-state index contributed by atoms with van der Waals surface area (Å²) in [6, 6.07) is 7.26. The molecule has 1 unspecified atom stereocenters. The van der Waals surface area contributed by atoms with Crippen molar-refractivity contribution < 1.29 is 9.59 Å². The van der Waals surface area contributed by atoms with Crippen molar-refractivity contribution in [1.29, 1.82) is 0 Å². The van der Waals surface area contributed by atoms with Crippen LogP contribution in [-0.2, 0) is 11.3 Å². The lowest BCUT2D eigenvalue weighted by Gasteiger charge is -2.11. The number of carbonyl (C=O) groups excluding carboxylic acids is 2. The molecule has 0 radical (unpaired) electrons. The van der Waals surface area contributed by atoms with Gasteiger partial charge < -0.3 is 21.7 Å². The zero-order valence-corrected chi connectivity index (χ0v) is 14.7. The molecule has 1 atom stereocenters. The summed E-state index contributed by atoms with van der Waals surface area (Å²) >= 11 is 0. The van der Waals surface area contributed by atoms with Crippen LogP contribution in [0.3, 0.4) is 0 Å². The van der Waals surface area contributed by atoms with E-state index < -0.39 is 0 Å². The molecular weight excluding hydrogens is 316 g/mol. The second-order valence-corrected chi connectivity index (χ2v) is 5.74. The molecule has 1 aromatic carbocycles. The summed E-state index contributed by atoms with van der Waals surface area (Å²) in [5.74, 6) is -0.00388. The number of anilines is 1. The fourth-order valence-electron chi connectivity index (χ4n) is 1.78. The molecule has 0 aliphatic carbocycles. The lowest BCUT2D eigenvalue weighted by atomic mass is 10.1. The van der Waals surface area contributed by atoms with Gasteiger partial charge in [-0.05, 0) is 44.9 Å². The number of rotatable bonds is 7. The van der Waals surface area contributed by atoms with Crippen molar-refractivity contribution >= 4 is 30.0 Å². The Bertz CT molecular complexity index is 489. The molecule has 6 nitrogen and oxygen atoms in total. The van der Waals surface area contributed by atoms with Crippen LogP contribution >= 0.6 is 12.4 Å². The first kappa shape index (κ1) is 21.2. The molecule has 0 bridgehead atoms. The highest BCUT2D eigenvalue weighted by Crippen LogP contribution is 2.09. The summed E-state index contributed by atoms with van der Waals surface area (Å²) < 4.78 is 0. The van der Waals surface area contributed by atoms with Crippen LogP contribution < -0.4 is 21.7 Å². The molecule has 0 aromatic heterocycles. The Balaban J connectivity index is 0.00000484. The van der Waals surface area contributed by atoms with E-state index in [0.29, 0.717) is 25.1 Å². The van der Waals surface area contributed by atoms with Crippen molar-refractivity contribution in [3.8, 4) is 0 Å². The van der Waals surface area contributed by atoms with E-state index in [1.807, 2.05) is 45.0 Å². The summed E-state index contributed by atoms with van der Waals surface area (Å²) in [6.45, 7) is 6.15. The molecule has 0 aliphatic rings. The number of nitrogens with one attached hydrogen (secondary N) is 3.